The lowest BCUT2D eigenvalue weighted by Crippen LogP contribution is -2.15. The molecule has 8 nitrogen and oxygen atoms in total. The standard InChI is InChI=1S/C22H24N4O4S/c1-4-26-19(13-30-18-7-5-6-15(2)12-18)24-25-22(26)31-14-20(27)23-17-10-8-16(9-11-17)21(28)29-3/h5-12H,4,13-14H2,1-3H3,(H,23,27). The highest BCUT2D eigenvalue weighted by Crippen LogP contribution is 2.20. The van der Waals surface area contributed by atoms with Crippen molar-refractivity contribution < 1.29 is 19.1 Å². The summed E-state index contributed by atoms with van der Waals surface area (Å²) >= 11 is 1.30. The Labute approximate surface area is 185 Å². The number of rotatable bonds is 9. The second kappa shape index (κ2) is 10.6. The molecule has 0 spiro atoms. The molecule has 0 aliphatic heterocycles. The fraction of sp³-hybridized carbons (Fsp3) is 0.273. The molecule has 0 aliphatic rings. The summed E-state index contributed by atoms with van der Waals surface area (Å²) in [6.45, 7) is 4.96. The lowest BCUT2D eigenvalue weighted by molar-refractivity contribution is -0.113. The molecule has 3 rings (SSSR count). The highest BCUT2D eigenvalue weighted by molar-refractivity contribution is 7.99. The summed E-state index contributed by atoms with van der Waals surface area (Å²) in [5.74, 6) is 1.05. The number of anilines is 1. The number of aryl methyl sites for hydroxylation is 1. The number of hydrogen-bond acceptors (Lipinski definition) is 7. The van der Waals surface area contributed by atoms with Gasteiger partial charge in [0.2, 0.25) is 5.91 Å². The number of ether oxygens (including phenoxy) is 2. The normalized spacial score (nSPS) is 10.5. The van der Waals surface area contributed by atoms with Crippen LogP contribution in [0.25, 0.3) is 0 Å². The van der Waals surface area contributed by atoms with Gasteiger partial charge < -0.3 is 19.4 Å². The third-order valence-corrected chi connectivity index (χ3v) is 5.36. The third kappa shape index (κ3) is 6.08. The molecule has 162 valence electrons. The van der Waals surface area contributed by atoms with E-state index in [0.29, 0.717) is 35.4 Å². The molecule has 0 saturated carbocycles. The van der Waals surface area contributed by atoms with Crippen LogP contribution in [0.1, 0.15) is 28.7 Å². The van der Waals surface area contributed by atoms with Crippen LogP contribution in [0, 0.1) is 6.92 Å². The summed E-state index contributed by atoms with van der Waals surface area (Å²) in [5.41, 5.74) is 2.14. The number of methoxy groups -OCH3 is 1. The molecule has 0 aliphatic carbocycles. The molecule has 0 saturated heterocycles. The Balaban J connectivity index is 1.55. The van der Waals surface area contributed by atoms with E-state index in [1.807, 2.05) is 42.7 Å². The number of amides is 1. The zero-order chi connectivity index (χ0) is 22.2. The maximum Gasteiger partial charge on any atom is 0.337 e. The van der Waals surface area contributed by atoms with Crippen LogP contribution in [-0.2, 0) is 22.7 Å². The van der Waals surface area contributed by atoms with Crippen molar-refractivity contribution in [2.75, 3.05) is 18.2 Å². The molecule has 0 bridgehead atoms. The van der Waals surface area contributed by atoms with Crippen LogP contribution in [-0.4, -0.2) is 39.5 Å². The molecule has 3 aromatic rings. The largest absolute Gasteiger partial charge is 0.486 e. The first-order valence-corrected chi connectivity index (χ1v) is 10.7. The van der Waals surface area contributed by atoms with Gasteiger partial charge in [-0.15, -0.1) is 10.2 Å². The summed E-state index contributed by atoms with van der Waals surface area (Å²) < 4.78 is 12.4. The fourth-order valence-corrected chi connectivity index (χ4v) is 3.66. The lowest BCUT2D eigenvalue weighted by Gasteiger charge is -2.09. The first kappa shape index (κ1) is 22.4. The summed E-state index contributed by atoms with van der Waals surface area (Å²) in [4.78, 5) is 23.8. The Morgan fingerprint density at radius 1 is 1.13 bits per heavy atom. The van der Waals surface area contributed by atoms with Gasteiger partial charge in [0.05, 0.1) is 18.4 Å². The van der Waals surface area contributed by atoms with E-state index >= 15 is 0 Å². The van der Waals surface area contributed by atoms with Gasteiger partial charge in [0.1, 0.15) is 12.4 Å². The molecular formula is C22H24N4O4S. The van der Waals surface area contributed by atoms with Gasteiger partial charge >= 0.3 is 5.97 Å². The minimum absolute atomic E-state index is 0.176. The van der Waals surface area contributed by atoms with Gasteiger partial charge in [-0.05, 0) is 55.8 Å². The average molecular weight is 441 g/mol. The smallest absolute Gasteiger partial charge is 0.337 e. The molecule has 0 atom stereocenters. The SMILES string of the molecule is CCn1c(COc2cccc(C)c2)nnc1SCC(=O)Nc1ccc(C(=O)OC)cc1. The van der Waals surface area contributed by atoms with Crippen molar-refractivity contribution in [3.8, 4) is 5.75 Å². The Bertz CT molecular complexity index is 1050. The molecule has 9 heteroatoms. The number of carbonyl (C=O) groups excluding carboxylic acids is 2. The predicted molar refractivity (Wildman–Crippen MR) is 118 cm³/mol. The molecule has 31 heavy (non-hydrogen) atoms. The highest BCUT2D eigenvalue weighted by Gasteiger charge is 2.14. The Morgan fingerprint density at radius 2 is 1.90 bits per heavy atom. The molecular weight excluding hydrogens is 416 g/mol. The first-order valence-electron chi connectivity index (χ1n) is 9.72. The van der Waals surface area contributed by atoms with Crippen molar-refractivity contribution in [2.24, 2.45) is 0 Å². The molecule has 1 heterocycles. The number of carbonyl (C=O) groups is 2. The summed E-state index contributed by atoms with van der Waals surface area (Å²) in [7, 11) is 1.32. The Morgan fingerprint density at radius 3 is 2.58 bits per heavy atom. The maximum atomic E-state index is 12.3. The lowest BCUT2D eigenvalue weighted by atomic mass is 10.2. The van der Waals surface area contributed by atoms with E-state index in [-0.39, 0.29) is 11.7 Å². The molecule has 0 fully saturated rings. The minimum atomic E-state index is -0.422. The van der Waals surface area contributed by atoms with Crippen molar-refractivity contribution in [3.05, 3.63) is 65.5 Å². The van der Waals surface area contributed by atoms with Crippen LogP contribution in [0.2, 0.25) is 0 Å². The number of benzene rings is 2. The molecule has 2 aromatic carbocycles. The molecule has 1 N–H and O–H groups in total. The van der Waals surface area contributed by atoms with E-state index < -0.39 is 5.97 Å². The number of nitrogens with one attached hydrogen (secondary N) is 1. The van der Waals surface area contributed by atoms with Crippen LogP contribution in [0.3, 0.4) is 0 Å². The minimum Gasteiger partial charge on any atom is -0.486 e. The average Bonchev–Trinajstić information content (AvgIpc) is 3.18. The van der Waals surface area contributed by atoms with Gasteiger partial charge in [-0.25, -0.2) is 4.79 Å². The topological polar surface area (TPSA) is 95.3 Å². The fourth-order valence-electron chi connectivity index (χ4n) is 2.84. The van der Waals surface area contributed by atoms with E-state index in [0.717, 1.165) is 11.3 Å². The van der Waals surface area contributed by atoms with Gasteiger partial charge in [-0.2, -0.15) is 0 Å². The summed E-state index contributed by atoms with van der Waals surface area (Å²) in [6.07, 6.45) is 0. The quantitative estimate of drug-likeness (QED) is 0.400. The number of thioether (sulfide) groups is 1. The van der Waals surface area contributed by atoms with Gasteiger partial charge in [-0.3, -0.25) is 4.79 Å². The van der Waals surface area contributed by atoms with E-state index in [4.69, 9.17) is 4.74 Å². The number of nitrogens with zero attached hydrogens (tertiary/aromatic N) is 3. The van der Waals surface area contributed by atoms with Crippen molar-refractivity contribution in [3.63, 3.8) is 0 Å². The number of aromatic nitrogens is 3. The first-order chi connectivity index (χ1) is 15.0. The van der Waals surface area contributed by atoms with E-state index in [1.54, 1.807) is 24.3 Å². The molecule has 0 radical (unpaired) electrons. The van der Waals surface area contributed by atoms with Crippen LogP contribution in [0.15, 0.2) is 53.7 Å². The van der Waals surface area contributed by atoms with Gasteiger partial charge in [0.25, 0.3) is 0 Å². The van der Waals surface area contributed by atoms with E-state index in [9.17, 15) is 9.59 Å². The van der Waals surface area contributed by atoms with Gasteiger partial charge in [0, 0.05) is 12.2 Å². The molecule has 1 aromatic heterocycles. The third-order valence-electron chi connectivity index (χ3n) is 4.39. The second-order valence-corrected chi connectivity index (χ2v) is 7.60. The van der Waals surface area contributed by atoms with E-state index in [1.165, 1.54) is 18.9 Å². The zero-order valence-electron chi connectivity index (χ0n) is 17.6. The monoisotopic (exact) mass is 440 g/mol. The maximum absolute atomic E-state index is 12.3. The molecule has 1 amide bonds. The summed E-state index contributed by atoms with van der Waals surface area (Å²) in [5, 5.41) is 11.9. The Kier molecular flexibility index (Phi) is 7.66. The van der Waals surface area contributed by atoms with Crippen molar-refractivity contribution in [1.82, 2.24) is 14.8 Å². The van der Waals surface area contributed by atoms with Crippen LogP contribution >= 0.6 is 11.8 Å². The summed E-state index contributed by atoms with van der Waals surface area (Å²) in [6, 6.07) is 14.3. The van der Waals surface area contributed by atoms with E-state index in [2.05, 4.69) is 20.3 Å². The van der Waals surface area contributed by atoms with Crippen LogP contribution in [0.5, 0.6) is 5.75 Å². The van der Waals surface area contributed by atoms with Crippen LogP contribution < -0.4 is 10.1 Å². The highest BCUT2D eigenvalue weighted by atomic mass is 32.2. The van der Waals surface area contributed by atoms with Crippen molar-refractivity contribution in [1.29, 1.82) is 0 Å². The molecule has 0 unspecified atom stereocenters. The van der Waals surface area contributed by atoms with Crippen molar-refractivity contribution >= 4 is 29.3 Å². The second-order valence-electron chi connectivity index (χ2n) is 6.65. The van der Waals surface area contributed by atoms with Gasteiger partial charge in [0.15, 0.2) is 11.0 Å². The van der Waals surface area contributed by atoms with Crippen LogP contribution in [0.4, 0.5) is 5.69 Å². The number of esters is 1. The van der Waals surface area contributed by atoms with Crippen molar-refractivity contribution in [2.45, 2.75) is 32.2 Å². The number of hydrogen-bond donors (Lipinski definition) is 1. The Hall–Kier alpha value is -3.33. The predicted octanol–water partition coefficient (Wildman–Crippen LogP) is 3.70. The van der Waals surface area contributed by atoms with Gasteiger partial charge in [-0.1, -0.05) is 23.9 Å². The zero-order valence-corrected chi connectivity index (χ0v) is 18.4.